The second-order valence-corrected chi connectivity index (χ2v) is 6.51. The van der Waals surface area contributed by atoms with Crippen molar-refractivity contribution >= 4 is 29.9 Å². The quantitative estimate of drug-likeness (QED) is 0.896. The summed E-state index contributed by atoms with van der Waals surface area (Å²) in [5, 5.41) is 3.96. The predicted molar refractivity (Wildman–Crippen MR) is 90.3 cm³/mol. The van der Waals surface area contributed by atoms with Crippen molar-refractivity contribution in [3.63, 3.8) is 0 Å². The van der Waals surface area contributed by atoms with Gasteiger partial charge in [-0.25, -0.2) is 0 Å². The van der Waals surface area contributed by atoms with Crippen LogP contribution >= 0.6 is 24.0 Å². The number of likely N-dealkylation sites (tertiary alicyclic amines) is 1. The highest BCUT2D eigenvalue weighted by Gasteiger charge is 2.41. The zero-order chi connectivity index (χ0) is 14.9. The van der Waals surface area contributed by atoms with Crippen LogP contribution in [0.2, 0.25) is 5.02 Å². The zero-order valence-electron chi connectivity index (χ0n) is 12.7. The number of benzene rings is 1. The molecule has 0 saturated carbocycles. The third kappa shape index (κ3) is 3.34. The molecule has 122 valence electrons. The van der Waals surface area contributed by atoms with Crippen LogP contribution in [-0.4, -0.2) is 44.1 Å². The van der Waals surface area contributed by atoms with Gasteiger partial charge in [-0.2, -0.15) is 0 Å². The summed E-state index contributed by atoms with van der Waals surface area (Å²) >= 11 is 6.03. The summed E-state index contributed by atoms with van der Waals surface area (Å²) in [6.07, 6.45) is 3.41. The Kier molecular flexibility index (Phi) is 5.59. The summed E-state index contributed by atoms with van der Waals surface area (Å²) in [6.45, 7) is 3.79. The van der Waals surface area contributed by atoms with Crippen LogP contribution in [0.1, 0.15) is 29.6 Å². The van der Waals surface area contributed by atoms with Crippen LogP contribution in [0.4, 0.5) is 0 Å². The van der Waals surface area contributed by atoms with Crippen LogP contribution in [-0.2, 0) is 0 Å². The van der Waals surface area contributed by atoms with Crippen molar-refractivity contribution in [2.75, 3.05) is 33.3 Å². The zero-order valence-corrected chi connectivity index (χ0v) is 14.3. The molecule has 2 aliphatic rings. The molecule has 2 saturated heterocycles. The standard InChI is InChI=1S/C16H21ClN2O2.ClH/c1-21-14-3-2-12(17)10-13(14)15(20)19-9-6-16(11-19)4-7-18-8-5-16;/h2-3,10,18H,4-9,11H2,1H3;1H. The summed E-state index contributed by atoms with van der Waals surface area (Å²) in [7, 11) is 1.58. The third-order valence-electron chi connectivity index (χ3n) is 4.78. The molecular formula is C16H22Cl2N2O2. The van der Waals surface area contributed by atoms with Crippen LogP contribution in [0, 0.1) is 5.41 Å². The number of ether oxygens (including phenoxy) is 1. The van der Waals surface area contributed by atoms with Gasteiger partial charge in [-0.3, -0.25) is 4.79 Å². The van der Waals surface area contributed by atoms with E-state index >= 15 is 0 Å². The molecule has 1 aromatic carbocycles. The number of nitrogens with one attached hydrogen (secondary N) is 1. The highest BCUT2D eigenvalue weighted by Crippen LogP contribution is 2.39. The number of carbonyl (C=O) groups is 1. The van der Waals surface area contributed by atoms with Gasteiger partial charge in [0.25, 0.3) is 5.91 Å². The molecule has 1 N–H and O–H groups in total. The number of carbonyl (C=O) groups excluding carboxylic acids is 1. The van der Waals surface area contributed by atoms with Crippen molar-refractivity contribution in [2.24, 2.45) is 5.41 Å². The number of nitrogens with zero attached hydrogens (tertiary/aromatic N) is 1. The van der Waals surface area contributed by atoms with Crippen molar-refractivity contribution in [1.82, 2.24) is 10.2 Å². The molecule has 4 nitrogen and oxygen atoms in total. The Morgan fingerprint density at radius 3 is 2.73 bits per heavy atom. The fourth-order valence-corrected chi connectivity index (χ4v) is 3.66. The lowest BCUT2D eigenvalue weighted by Gasteiger charge is -2.33. The smallest absolute Gasteiger partial charge is 0.257 e. The number of rotatable bonds is 2. The van der Waals surface area contributed by atoms with Crippen LogP contribution < -0.4 is 10.1 Å². The Bertz CT molecular complexity index is 545. The molecule has 2 heterocycles. The molecule has 1 amide bonds. The van der Waals surface area contributed by atoms with Gasteiger partial charge in [0.05, 0.1) is 12.7 Å². The number of halogens is 2. The predicted octanol–water partition coefficient (Wildman–Crippen LogP) is 2.99. The van der Waals surface area contributed by atoms with E-state index in [1.165, 1.54) is 0 Å². The van der Waals surface area contributed by atoms with Crippen molar-refractivity contribution in [3.05, 3.63) is 28.8 Å². The fraction of sp³-hybridized carbons (Fsp3) is 0.562. The molecule has 0 radical (unpaired) electrons. The number of piperidine rings is 1. The fourth-order valence-electron chi connectivity index (χ4n) is 3.49. The first-order chi connectivity index (χ1) is 10.1. The number of amides is 1. The molecule has 1 spiro atoms. The van der Waals surface area contributed by atoms with Gasteiger partial charge in [0.1, 0.15) is 5.75 Å². The highest BCUT2D eigenvalue weighted by atomic mass is 35.5. The van der Waals surface area contributed by atoms with Gasteiger partial charge in [-0.05, 0) is 56.0 Å². The van der Waals surface area contributed by atoms with Crippen LogP contribution in [0.3, 0.4) is 0 Å². The van der Waals surface area contributed by atoms with Crippen molar-refractivity contribution in [1.29, 1.82) is 0 Å². The normalized spacial score (nSPS) is 19.8. The van der Waals surface area contributed by atoms with Gasteiger partial charge in [0.15, 0.2) is 0 Å². The van der Waals surface area contributed by atoms with Gasteiger partial charge in [-0.15, -0.1) is 12.4 Å². The van der Waals surface area contributed by atoms with Crippen LogP contribution in [0.25, 0.3) is 0 Å². The molecule has 0 unspecified atom stereocenters. The Morgan fingerprint density at radius 1 is 1.32 bits per heavy atom. The molecule has 3 rings (SSSR count). The summed E-state index contributed by atoms with van der Waals surface area (Å²) in [5.74, 6) is 0.625. The molecule has 2 aliphatic heterocycles. The largest absolute Gasteiger partial charge is 0.496 e. The third-order valence-corrected chi connectivity index (χ3v) is 5.02. The minimum atomic E-state index is 0. The van der Waals surface area contributed by atoms with E-state index in [0.29, 0.717) is 21.8 Å². The van der Waals surface area contributed by atoms with Gasteiger partial charge < -0.3 is 15.0 Å². The molecule has 0 aliphatic carbocycles. The lowest BCUT2D eigenvalue weighted by molar-refractivity contribution is 0.0758. The van der Waals surface area contributed by atoms with E-state index in [9.17, 15) is 4.79 Å². The lowest BCUT2D eigenvalue weighted by Crippen LogP contribution is -2.39. The monoisotopic (exact) mass is 344 g/mol. The maximum atomic E-state index is 12.8. The number of methoxy groups -OCH3 is 1. The van der Waals surface area contributed by atoms with Gasteiger partial charge in [-0.1, -0.05) is 11.6 Å². The molecule has 22 heavy (non-hydrogen) atoms. The van der Waals surface area contributed by atoms with Crippen LogP contribution in [0.15, 0.2) is 18.2 Å². The SMILES string of the molecule is COc1ccc(Cl)cc1C(=O)N1CCC2(CCNCC2)C1.Cl. The molecule has 6 heteroatoms. The molecule has 0 bridgehead atoms. The topological polar surface area (TPSA) is 41.6 Å². The minimum Gasteiger partial charge on any atom is -0.496 e. The van der Waals surface area contributed by atoms with Gasteiger partial charge in [0, 0.05) is 18.1 Å². The lowest BCUT2D eigenvalue weighted by atomic mass is 9.78. The van der Waals surface area contributed by atoms with Gasteiger partial charge >= 0.3 is 0 Å². The van der Waals surface area contributed by atoms with E-state index in [2.05, 4.69) is 5.32 Å². The maximum Gasteiger partial charge on any atom is 0.257 e. The average Bonchev–Trinajstić information content (AvgIpc) is 2.91. The highest BCUT2D eigenvalue weighted by molar-refractivity contribution is 6.31. The number of hydrogen-bond donors (Lipinski definition) is 1. The Hall–Kier alpha value is -0.970. The van der Waals surface area contributed by atoms with Crippen LogP contribution in [0.5, 0.6) is 5.75 Å². The molecule has 2 fully saturated rings. The molecule has 0 atom stereocenters. The second kappa shape index (κ2) is 7.07. The Morgan fingerprint density at radius 2 is 2.05 bits per heavy atom. The first-order valence-electron chi connectivity index (χ1n) is 7.47. The summed E-state index contributed by atoms with van der Waals surface area (Å²) in [5.41, 5.74) is 0.878. The second-order valence-electron chi connectivity index (χ2n) is 6.07. The molecular weight excluding hydrogens is 323 g/mol. The Balaban J connectivity index is 0.00000176. The Labute approximate surface area is 142 Å². The average molecular weight is 345 g/mol. The van der Waals surface area contributed by atoms with E-state index in [1.54, 1.807) is 25.3 Å². The summed E-state index contributed by atoms with van der Waals surface area (Å²) in [4.78, 5) is 14.7. The van der Waals surface area contributed by atoms with Crippen molar-refractivity contribution in [2.45, 2.75) is 19.3 Å². The van der Waals surface area contributed by atoms with E-state index in [-0.39, 0.29) is 18.3 Å². The molecule has 1 aromatic rings. The van der Waals surface area contributed by atoms with E-state index < -0.39 is 0 Å². The molecule has 0 aromatic heterocycles. The number of hydrogen-bond acceptors (Lipinski definition) is 3. The van der Waals surface area contributed by atoms with Crippen molar-refractivity contribution < 1.29 is 9.53 Å². The summed E-state index contributed by atoms with van der Waals surface area (Å²) in [6, 6.07) is 5.21. The van der Waals surface area contributed by atoms with E-state index in [0.717, 1.165) is 45.4 Å². The van der Waals surface area contributed by atoms with Gasteiger partial charge in [0.2, 0.25) is 0 Å². The first-order valence-corrected chi connectivity index (χ1v) is 7.85. The summed E-state index contributed by atoms with van der Waals surface area (Å²) < 4.78 is 5.30. The van der Waals surface area contributed by atoms with Crippen molar-refractivity contribution in [3.8, 4) is 5.75 Å². The maximum absolute atomic E-state index is 12.8. The van der Waals surface area contributed by atoms with E-state index in [4.69, 9.17) is 16.3 Å². The first kappa shape index (κ1) is 17.4. The van der Waals surface area contributed by atoms with E-state index in [1.807, 2.05) is 4.90 Å². The minimum absolute atomic E-state index is 0.